The fourth-order valence-electron chi connectivity index (χ4n) is 2.11. The number of ether oxygens (including phenoxy) is 2. The van der Waals surface area contributed by atoms with Crippen LogP contribution in [-0.4, -0.2) is 31.4 Å². The molecule has 0 saturated heterocycles. The van der Waals surface area contributed by atoms with E-state index in [0.717, 1.165) is 5.56 Å². The molecule has 128 valence electrons. The molecule has 2 aromatic carbocycles. The lowest BCUT2D eigenvalue weighted by Gasteiger charge is -2.05. The predicted molar refractivity (Wildman–Crippen MR) is 94.8 cm³/mol. The summed E-state index contributed by atoms with van der Waals surface area (Å²) in [7, 11) is 0. The lowest BCUT2D eigenvalue weighted by molar-refractivity contribution is -0.120. The Labute approximate surface area is 152 Å². The number of carbonyl (C=O) groups is 2. The van der Waals surface area contributed by atoms with E-state index in [1.807, 2.05) is 0 Å². The topological polar surface area (TPSA) is 89.0 Å². The van der Waals surface area contributed by atoms with E-state index in [9.17, 15) is 9.59 Å². The highest BCUT2D eigenvalue weighted by Crippen LogP contribution is 2.31. The molecule has 0 atom stereocenters. The Hall–Kier alpha value is -2.87. The first kappa shape index (κ1) is 17.0. The van der Waals surface area contributed by atoms with Gasteiger partial charge in [0.05, 0.1) is 18.3 Å². The molecule has 7 nitrogen and oxygen atoms in total. The number of hydrazone groups is 1. The minimum Gasteiger partial charge on any atom is -0.454 e. The first-order valence-corrected chi connectivity index (χ1v) is 8.17. The quantitative estimate of drug-likeness (QED) is 0.590. The van der Waals surface area contributed by atoms with Crippen molar-refractivity contribution in [2.45, 2.75) is 0 Å². The average molecular weight is 404 g/mol. The van der Waals surface area contributed by atoms with Crippen LogP contribution in [0.15, 0.2) is 52.0 Å². The predicted octanol–water partition coefficient (Wildman–Crippen LogP) is 2.06. The first-order valence-electron chi connectivity index (χ1n) is 7.38. The normalized spacial score (nSPS) is 12.2. The number of amides is 2. The SMILES string of the molecule is O=C(CNC(=O)c1ccccc1Br)N/N=C\c1ccc2c(c1)OCO2. The molecule has 1 aliphatic heterocycles. The third-order valence-electron chi connectivity index (χ3n) is 3.33. The maximum Gasteiger partial charge on any atom is 0.259 e. The van der Waals surface area contributed by atoms with E-state index in [-0.39, 0.29) is 19.2 Å². The van der Waals surface area contributed by atoms with Crippen molar-refractivity contribution in [3.8, 4) is 11.5 Å². The van der Waals surface area contributed by atoms with Crippen molar-refractivity contribution in [2.24, 2.45) is 5.10 Å². The summed E-state index contributed by atoms with van der Waals surface area (Å²) in [5.41, 5.74) is 3.56. The Kier molecular flexibility index (Phi) is 5.30. The summed E-state index contributed by atoms with van der Waals surface area (Å²) in [6.07, 6.45) is 1.48. The van der Waals surface area contributed by atoms with Gasteiger partial charge in [0.25, 0.3) is 11.8 Å². The molecule has 0 saturated carbocycles. The summed E-state index contributed by atoms with van der Waals surface area (Å²) >= 11 is 3.29. The first-order chi connectivity index (χ1) is 12.1. The zero-order valence-corrected chi connectivity index (χ0v) is 14.6. The Morgan fingerprint density at radius 3 is 2.80 bits per heavy atom. The second-order valence-electron chi connectivity index (χ2n) is 5.07. The molecule has 0 fully saturated rings. The molecule has 3 rings (SSSR count). The van der Waals surface area contributed by atoms with Gasteiger partial charge in [0.15, 0.2) is 11.5 Å². The van der Waals surface area contributed by atoms with Gasteiger partial charge in [-0.2, -0.15) is 5.10 Å². The van der Waals surface area contributed by atoms with Gasteiger partial charge in [-0.3, -0.25) is 9.59 Å². The van der Waals surface area contributed by atoms with E-state index in [4.69, 9.17) is 9.47 Å². The van der Waals surface area contributed by atoms with Gasteiger partial charge in [0.1, 0.15) is 0 Å². The van der Waals surface area contributed by atoms with E-state index in [2.05, 4.69) is 31.8 Å². The van der Waals surface area contributed by atoms with Gasteiger partial charge in [0.2, 0.25) is 6.79 Å². The summed E-state index contributed by atoms with van der Waals surface area (Å²) in [6, 6.07) is 12.3. The molecule has 0 unspecified atom stereocenters. The fourth-order valence-corrected chi connectivity index (χ4v) is 2.58. The standard InChI is InChI=1S/C17H14BrN3O4/c18-13-4-2-1-3-12(13)17(23)19-9-16(22)21-20-8-11-5-6-14-15(7-11)25-10-24-14/h1-8H,9-10H2,(H,19,23)(H,21,22)/b20-8-. The van der Waals surface area contributed by atoms with Gasteiger partial charge < -0.3 is 14.8 Å². The van der Waals surface area contributed by atoms with Gasteiger partial charge in [-0.25, -0.2) is 5.43 Å². The number of rotatable bonds is 5. The third-order valence-corrected chi connectivity index (χ3v) is 4.02. The van der Waals surface area contributed by atoms with Gasteiger partial charge >= 0.3 is 0 Å². The van der Waals surface area contributed by atoms with Crippen molar-refractivity contribution < 1.29 is 19.1 Å². The fraction of sp³-hybridized carbons (Fsp3) is 0.118. The van der Waals surface area contributed by atoms with Crippen LogP contribution in [0, 0.1) is 0 Å². The molecule has 0 spiro atoms. The van der Waals surface area contributed by atoms with Crippen LogP contribution in [-0.2, 0) is 4.79 Å². The smallest absolute Gasteiger partial charge is 0.259 e. The Morgan fingerprint density at radius 1 is 1.16 bits per heavy atom. The average Bonchev–Trinajstić information content (AvgIpc) is 3.08. The number of fused-ring (bicyclic) bond motifs is 1. The van der Waals surface area contributed by atoms with Crippen LogP contribution in [0.3, 0.4) is 0 Å². The summed E-state index contributed by atoms with van der Waals surface area (Å²) < 4.78 is 11.1. The lowest BCUT2D eigenvalue weighted by Crippen LogP contribution is -2.35. The Morgan fingerprint density at radius 2 is 1.96 bits per heavy atom. The summed E-state index contributed by atoms with van der Waals surface area (Å²) in [5, 5.41) is 6.38. The van der Waals surface area contributed by atoms with Crippen LogP contribution in [0.4, 0.5) is 0 Å². The van der Waals surface area contributed by atoms with Crippen LogP contribution < -0.4 is 20.2 Å². The van der Waals surface area contributed by atoms with E-state index in [1.165, 1.54) is 6.21 Å². The van der Waals surface area contributed by atoms with Crippen molar-refractivity contribution in [1.82, 2.24) is 10.7 Å². The monoisotopic (exact) mass is 403 g/mol. The molecule has 0 aliphatic carbocycles. The van der Waals surface area contributed by atoms with Crippen LogP contribution in [0.2, 0.25) is 0 Å². The number of benzene rings is 2. The second kappa shape index (κ2) is 7.80. The Balaban J connectivity index is 1.48. The highest BCUT2D eigenvalue weighted by atomic mass is 79.9. The number of nitrogens with one attached hydrogen (secondary N) is 2. The van der Waals surface area contributed by atoms with Crippen LogP contribution >= 0.6 is 15.9 Å². The van der Waals surface area contributed by atoms with Crippen molar-refractivity contribution in [3.05, 3.63) is 58.1 Å². The van der Waals surface area contributed by atoms with Crippen LogP contribution in [0.25, 0.3) is 0 Å². The van der Waals surface area contributed by atoms with Crippen LogP contribution in [0.5, 0.6) is 11.5 Å². The summed E-state index contributed by atoms with van der Waals surface area (Å²) in [5.74, 6) is 0.534. The highest BCUT2D eigenvalue weighted by molar-refractivity contribution is 9.10. The van der Waals surface area contributed by atoms with Crippen molar-refractivity contribution in [1.29, 1.82) is 0 Å². The minimum absolute atomic E-state index is 0.182. The molecule has 0 radical (unpaired) electrons. The molecule has 2 aromatic rings. The van der Waals surface area contributed by atoms with Gasteiger partial charge in [0, 0.05) is 4.47 Å². The van der Waals surface area contributed by atoms with Gasteiger partial charge in [-0.15, -0.1) is 0 Å². The minimum atomic E-state index is -0.433. The number of nitrogens with zero attached hydrogens (tertiary/aromatic N) is 1. The number of carbonyl (C=O) groups excluding carboxylic acids is 2. The third kappa shape index (κ3) is 4.36. The molecule has 25 heavy (non-hydrogen) atoms. The molecular weight excluding hydrogens is 390 g/mol. The summed E-state index contributed by atoms with van der Waals surface area (Å²) in [6.45, 7) is 0.0164. The largest absolute Gasteiger partial charge is 0.454 e. The van der Waals surface area contributed by atoms with E-state index in [1.54, 1.807) is 42.5 Å². The lowest BCUT2D eigenvalue weighted by atomic mass is 10.2. The van der Waals surface area contributed by atoms with Crippen molar-refractivity contribution in [3.63, 3.8) is 0 Å². The highest BCUT2D eigenvalue weighted by Gasteiger charge is 2.13. The molecule has 8 heteroatoms. The molecule has 0 aromatic heterocycles. The zero-order valence-electron chi connectivity index (χ0n) is 13.0. The van der Waals surface area contributed by atoms with Gasteiger partial charge in [-0.1, -0.05) is 12.1 Å². The summed E-state index contributed by atoms with van der Waals surface area (Å²) in [4.78, 5) is 23.7. The maximum atomic E-state index is 12.0. The van der Waals surface area contributed by atoms with Crippen LogP contribution in [0.1, 0.15) is 15.9 Å². The zero-order chi connectivity index (χ0) is 17.6. The molecular formula is C17H14BrN3O4. The molecule has 2 N–H and O–H groups in total. The molecule has 0 bridgehead atoms. The van der Waals surface area contributed by atoms with Crippen molar-refractivity contribution >= 4 is 34.0 Å². The van der Waals surface area contributed by atoms with Crippen molar-refractivity contribution in [2.75, 3.05) is 13.3 Å². The maximum absolute atomic E-state index is 12.0. The number of hydrogen-bond donors (Lipinski definition) is 2. The van der Waals surface area contributed by atoms with Gasteiger partial charge in [-0.05, 0) is 51.8 Å². The van der Waals surface area contributed by atoms with E-state index in [0.29, 0.717) is 21.5 Å². The number of halogens is 1. The molecule has 2 amide bonds. The van der Waals surface area contributed by atoms with E-state index < -0.39 is 5.91 Å². The molecule has 1 heterocycles. The molecule has 1 aliphatic rings. The second-order valence-corrected chi connectivity index (χ2v) is 5.92. The number of hydrogen-bond acceptors (Lipinski definition) is 5. The van der Waals surface area contributed by atoms with E-state index >= 15 is 0 Å². The Bertz CT molecular complexity index is 838.